The maximum Gasteiger partial charge on any atom is 0.334 e. The number of amides is 1. The van der Waals surface area contributed by atoms with Crippen molar-refractivity contribution < 1.29 is 23.8 Å². The van der Waals surface area contributed by atoms with Gasteiger partial charge < -0.3 is 14.7 Å². The number of thiophene rings is 1. The van der Waals surface area contributed by atoms with Crippen LogP contribution in [0, 0.1) is 5.82 Å². The van der Waals surface area contributed by atoms with Crippen LogP contribution >= 0.6 is 11.3 Å². The smallest absolute Gasteiger partial charge is 0.334 e. The highest BCUT2D eigenvalue weighted by atomic mass is 32.1. The summed E-state index contributed by atoms with van der Waals surface area (Å²) in [6.07, 6.45) is 0.673. The standard InChI is InChI=1S/C18H16FNO4S/c19-13-5-3-12(4-6-13)10-14(16-2-1-9-25-16)17(21)20-7-8-24-15(11-20)18(22)23/h1-6,9-10,15H,7-8,11H2,(H,22,23). The van der Waals surface area contributed by atoms with Crippen LogP contribution in [0.3, 0.4) is 0 Å². The molecule has 1 aliphatic rings. The molecule has 5 nitrogen and oxygen atoms in total. The minimum Gasteiger partial charge on any atom is -0.479 e. The van der Waals surface area contributed by atoms with E-state index in [0.717, 1.165) is 4.88 Å². The Balaban J connectivity index is 1.90. The molecule has 0 aliphatic carbocycles. The fourth-order valence-corrected chi connectivity index (χ4v) is 3.28. The first-order valence-electron chi connectivity index (χ1n) is 7.69. The van der Waals surface area contributed by atoms with Crippen molar-refractivity contribution in [3.63, 3.8) is 0 Å². The fraction of sp³-hybridized carbons (Fsp3) is 0.222. The highest BCUT2D eigenvalue weighted by Gasteiger charge is 2.30. The number of morpholine rings is 1. The summed E-state index contributed by atoms with van der Waals surface area (Å²) >= 11 is 1.42. The van der Waals surface area contributed by atoms with Crippen LogP contribution in [0.5, 0.6) is 0 Å². The third-order valence-corrected chi connectivity index (χ3v) is 4.73. The molecule has 1 N–H and O–H groups in total. The number of carbonyl (C=O) groups is 2. The Bertz CT molecular complexity index is 786. The van der Waals surface area contributed by atoms with Gasteiger partial charge in [0.15, 0.2) is 6.10 Å². The van der Waals surface area contributed by atoms with Crippen molar-refractivity contribution in [2.24, 2.45) is 0 Å². The lowest BCUT2D eigenvalue weighted by Crippen LogP contribution is -2.48. The van der Waals surface area contributed by atoms with E-state index in [4.69, 9.17) is 9.84 Å². The molecule has 0 saturated carbocycles. The fourth-order valence-electron chi connectivity index (χ4n) is 2.55. The van der Waals surface area contributed by atoms with Crippen molar-refractivity contribution in [1.82, 2.24) is 4.90 Å². The summed E-state index contributed by atoms with van der Waals surface area (Å²) in [4.78, 5) is 26.4. The summed E-state index contributed by atoms with van der Waals surface area (Å²) in [7, 11) is 0. The van der Waals surface area contributed by atoms with Gasteiger partial charge in [0.1, 0.15) is 5.82 Å². The van der Waals surface area contributed by atoms with Crippen LogP contribution in [0.2, 0.25) is 0 Å². The van der Waals surface area contributed by atoms with Crippen molar-refractivity contribution in [3.8, 4) is 0 Å². The van der Waals surface area contributed by atoms with Crippen molar-refractivity contribution in [2.75, 3.05) is 19.7 Å². The third kappa shape index (κ3) is 4.12. The molecule has 0 radical (unpaired) electrons. The van der Waals surface area contributed by atoms with Crippen molar-refractivity contribution in [3.05, 3.63) is 58.0 Å². The van der Waals surface area contributed by atoms with Gasteiger partial charge in [-0.3, -0.25) is 4.79 Å². The Kier molecular flexibility index (Phi) is 5.25. The number of rotatable bonds is 4. The molecule has 2 aromatic rings. The Morgan fingerprint density at radius 1 is 1.28 bits per heavy atom. The number of carboxylic acid groups (broad SMARTS) is 1. The van der Waals surface area contributed by atoms with E-state index in [1.54, 1.807) is 18.2 Å². The lowest BCUT2D eigenvalue weighted by molar-refractivity contribution is -0.158. The van der Waals surface area contributed by atoms with Crippen LogP contribution in [-0.4, -0.2) is 47.7 Å². The normalized spacial score (nSPS) is 18.2. The van der Waals surface area contributed by atoms with E-state index < -0.39 is 12.1 Å². The van der Waals surface area contributed by atoms with Crippen LogP contribution in [0.15, 0.2) is 41.8 Å². The molecule has 7 heteroatoms. The summed E-state index contributed by atoms with van der Waals surface area (Å²) < 4.78 is 18.3. The molecule has 1 aromatic carbocycles. The quantitative estimate of drug-likeness (QED) is 0.851. The molecule has 0 spiro atoms. The first-order chi connectivity index (χ1) is 12.0. The van der Waals surface area contributed by atoms with Gasteiger partial charge in [0.05, 0.1) is 18.7 Å². The first kappa shape index (κ1) is 17.3. The highest BCUT2D eigenvalue weighted by Crippen LogP contribution is 2.26. The SMILES string of the molecule is O=C(O)C1CN(C(=O)C(=Cc2ccc(F)cc2)c2cccs2)CCO1. The van der Waals surface area contributed by atoms with E-state index in [1.807, 2.05) is 17.5 Å². The van der Waals surface area contributed by atoms with E-state index in [1.165, 1.54) is 28.4 Å². The molecule has 1 aromatic heterocycles. The number of carboxylic acids is 1. The summed E-state index contributed by atoms with van der Waals surface area (Å²) in [5, 5.41) is 11.0. The van der Waals surface area contributed by atoms with Gasteiger partial charge in [-0.15, -0.1) is 11.3 Å². The second kappa shape index (κ2) is 7.58. The number of benzene rings is 1. The zero-order chi connectivity index (χ0) is 17.8. The van der Waals surface area contributed by atoms with Gasteiger partial charge >= 0.3 is 5.97 Å². The molecular formula is C18H16FNO4S. The predicted molar refractivity (Wildman–Crippen MR) is 92.5 cm³/mol. The summed E-state index contributed by atoms with van der Waals surface area (Å²) in [6.45, 7) is 0.506. The Labute approximate surface area is 148 Å². The lowest BCUT2D eigenvalue weighted by Gasteiger charge is -2.31. The summed E-state index contributed by atoms with van der Waals surface area (Å²) in [5.74, 6) is -1.70. The van der Waals surface area contributed by atoms with Crippen LogP contribution in [-0.2, 0) is 14.3 Å². The van der Waals surface area contributed by atoms with Crippen LogP contribution in [0.25, 0.3) is 11.6 Å². The Morgan fingerprint density at radius 3 is 2.68 bits per heavy atom. The van der Waals surface area contributed by atoms with Gasteiger partial charge in [-0.25, -0.2) is 9.18 Å². The Hall–Kier alpha value is -2.51. The van der Waals surface area contributed by atoms with E-state index in [-0.39, 0.29) is 24.9 Å². The minimum atomic E-state index is -1.09. The Morgan fingerprint density at radius 2 is 2.04 bits per heavy atom. The maximum atomic E-state index is 13.1. The second-order valence-electron chi connectivity index (χ2n) is 5.54. The van der Waals surface area contributed by atoms with Gasteiger partial charge in [0, 0.05) is 11.4 Å². The van der Waals surface area contributed by atoms with Gasteiger partial charge in [0.2, 0.25) is 0 Å². The monoisotopic (exact) mass is 361 g/mol. The summed E-state index contributed by atoms with van der Waals surface area (Å²) in [5.41, 5.74) is 1.15. The average Bonchev–Trinajstić information content (AvgIpc) is 3.15. The predicted octanol–water partition coefficient (Wildman–Crippen LogP) is 2.74. The van der Waals surface area contributed by atoms with Gasteiger partial charge in [-0.2, -0.15) is 0 Å². The largest absolute Gasteiger partial charge is 0.479 e. The van der Waals surface area contributed by atoms with E-state index in [0.29, 0.717) is 17.7 Å². The zero-order valence-electron chi connectivity index (χ0n) is 13.2. The molecule has 1 fully saturated rings. The van der Waals surface area contributed by atoms with Crippen LogP contribution in [0.4, 0.5) is 4.39 Å². The number of hydrogen-bond acceptors (Lipinski definition) is 4. The molecular weight excluding hydrogens is 345 g/mol. The molecule has 1 aliphatic heterocycles. The van der Waals surface area contributed by atoms with E-state index in [9.17, 15) is 14.0 Å². The minimum absolute atomic E-state index is 0.000297. The van der Waals surface area contributed by atoms with Gasteiger partial charge in [-0.05, 0) is 35.2 Å². The van der Waals surface area contributed by atoms with E-state index >= 15 is 0 Å². The summed E-state index contributed by atoms with van der Waals surface area (Å²) in [6, 6.07) is 9.51. The number of aliphatic carboxylic acids is 1. The van der Waals surface area contributed by atoms with E-state index in [2.05, 4.69) is 0 Å². The molecule has 1 atom stereocenters. The molecule has 3 rings (SSSR count). The number of ether oxygens (including phenoxy) is 1. The first-order valence-corrected chi connectivity index (χ1v) is 8.57. The lowest BCUT2D eigenvalue weighted by atomic mass is 10.1. The average molecular weight is 361 g/mol. The molecule has 1 amide bonds. The van der Waals surface area contributed by atoms with Crippen LogP contribution < -0.4 is 0 Å². The maximum absolute atomic E-state index is 13.1. The van der Waals surface area contributed by atoms with Crippen molar-refractivity contribution in [1.29, 1.82) is 0 Å². The van der Waals surface area contributed by atoms with Crippen molar-refractivity contribution >= 4 is 34.9 Å². The highest BCUT2D eigenvalue weighted by molar-refractivity contribution is 7.11. The molecule has 130 valence electrons. The number of nitrogens with zero attached hydrogens (tertiary/aromatic N) is 1. The van der Waals surface area contributed by atoms with Gasteiger partial charge in [-0.1, -0.05) is 18.2 Å². The molecule has 1 saturated heterocycles. The number of carbonyl (C=O) groups excluding carboxylic acids is 1. The molecule has 1 unspecified atom stereocenters. The second-order valence-corrected chi connectivity index (χ2v) is 6.48. The topological polar surface area (TPSA) is 66.8 Å². The number of hydrogen-bond donors (Lipinski definition) is 1. The molecule has 0 bridgehead atoms. The van der Waals surface area contributed by atoms with Gasteiger partial charge in [0.25, 0.3) is 5.91 Å². The molecule has 25 heavy (non-hydrogen) atoms. The van der Waals surface area contributed by atoms with Crippen LogP contribution in [0.1, 0.15) is 10.4 Å². The number of halogens is 1. The van der Waals surface area contributed by atoms with Crippen molar-refractivity contribution in [2.45, 2.75) is 6.10 Å². The third-order valence-electron chi connectivity index (χ3n) is 3.83. The molecule has 2 heterocycles. The zero-order valence-corrected chi connectivity index (χ0v) is 14.0.